The fourth-order valence-corrected chi connectivity index (χ4v) is 1.46. The predicted octanol–water partition coefficient (Wildman–Crippen LogP) is 1.59. The van der Waals surface area contributed by atoms with Crippen molar-refractivity contribution in [3.63, 3.8) is 0 Å². The molecule has 1 aromatic rings. The first-order chi connectivity index (χ1) is 9.02. The van der Waals surface area contributed by atoms with Crippen molar-refractivity contribution in [2.24, 2.45) is 0 Å². The highest BCUT2D eigenvalue weighted by Crippen LogP contribution is 2.11. The second kappa shape index (κ2) is 7.53. The third-order valence-electron chi connectivity index (χ3n) is 2.40. The Kier molecular flexibility index (Phi) is 6.02. The molecule has 0 aliphatic heterocycles. The molecule has 1 aromatic carbocycles. The zero-order valence-corrected chi connectivity index (χ0v) is 11.2. The lowest BCUT2D eigenvalue weighted by Crippen LogP contribution is -2.30. The van der Waals surface area contributed by atoms with Crippen LogP contribution in [0.1, 0.15) is 23.2 Å². The van der Waals surface area contributed by atoms with E-state index in [4.69, 9.17) is 11.6 Å². The Bertz CT molecular complexity index is 470. The molecule has 1 rings (SSSR count). The van der Waals surface area contributed by atoms with Gasteiger partial charge in [-0.05, 0) is 24.3 Å². The molecule has 0 heterocycles. The highest BCUT2D eigenvalue weighted by atomic mass is 35.5. The first kappa shape index (κ1) is 15.2. The van der Waals surface area contributed by atoms with E-state index in [9.17, 15) is 14.4 Å². The molecule has 0 radical (unpaired) electrons. The van der Waals surface area contributed by atoms with Gasteiger partial charge in [-0.15, -0.1) is 0 Å². The van der Waals surface area contributed by atoms with Crippen LogP contribution in [0.15, 0.2) is 24.3 Å². The SMILES string of the molecule is COC(=O)CNC(=O)CCC(=O)c1ccc(Cl)cc1. The number of amides is 1. The molecule has 0 unspecified atom stereocenters. The molecule has 0 aromatic heterocycles. The molecule has 0 saturated heterocycles. The number of nitrogens with one attached hydrogen (secondary N) is 1. The minimum Gasteiger partial charge on any atom is -0.468 e. The van der Waals surface area contributed by atoms with Gasteiger partial charge in [0.1, 0.15) is 6.54 Å². The number of carbonyl (C=O) groups is 3. The summed E-state index contributed by atoms with van der Waals surface area (Å²) in [6.45, 7) is -0.190. The lowest BCUT2D eigenvalue weighted by molar-refractivity contribution is -0.141. The van der Waals surface area contributed by atoms with Crippen LogP contribution in [0.25, 0.3) is 0 Å². The van der Waals surface area contributed by atoms with Gasteiger partial charge < -0.3 is 10.1 Å². The summed E-state index contributed by atoms with van der Waals surface area (Å²) in [6.07, 6.45) is 0.104. The van der Waals surface area contributed by atoms with Gasteiger partial charge in [0, 0.05) is 23.4 Å². The molecule has 0 bridgehead atoms. The summed E-state index contributed by atoms with van der Waals surface area (Å²) in [4.78, 5) is 33.9. The fourth-order valence-electron chi connectivity index (χ4n) is 1.34. The maximum Gasteiger partial charge on any atom is 0.325 e. The number of halogens is 1. The molecule has 0 atom stereocenters. The summed E-state index contributed by atoms with van der Waals surface area (Å²) in [5.74, 6) is -1.05. The Morgan fingerprint density at radius 3 is 2.37 bits per heavy atom. The smallest absolute Gasteiger partial charge is 0.325 e. The van der Waals surface area contributed by atoms with Crippen molar-refractivity contribution in [3.8, 4) is 0 Å². The zero-order chi connectivity index (χ0) is 14.3. The number of carbonyl (C=O) groups excluding carboxylic acids is 3. The normalized spacial score (nSPS) is 9.79. The van der Waals surface area contributed by atoms with Gasteiger partial charge in [0.15, 0.2) is 5.78 Å². The Morgan fingerprint density at radius 2 is 1.79 bits per heavy atom. The minimum atomic E-state index is -0.530. The second-order valence-electron chi connectivity index (χ2n) is 3.78. The van der Waals surface area contributed by atoms with Crippen LogP contribution in [-0.4, -0.2) is 31.3 Å². The van der Waals surface area contributed by atoms with Gasteiger partial charge >= 0.3 is 5.97 Å². The average molecular weight is 284 g/mol. The molecule has 0 saturated carbocycles. The van der Waals surface area contributed by atoms with E-state index in [-0.39, 0.29) is 31.1 Å². The molecule has 1 N–H and O–H groups in total. The largest absolute Gasteiger partial charge is 0.468 e. The lowest BCUT2D eigenvalue weighted by atomic mass is 10.1. The van der Waals surface area contributed by atoms with Crippen molar-refractivity contribution in [2.75, 3.05) is 13.7 Å². The maximum atomic E-state index is 11.7. The van der Waals surface area contributed by atoms with Gasteiger partial charge in [-0.3, -0.25) is 14.4 Å². The number of methoxy groups -OCH3 is 1. The third kappa shape index (κ3) is 5.52. The van der Waals surface area contributed by atoms with Crippen LogP contribution in [0, 0.1) is 0 Å². The number of ether oxygens (including phenoxy) is 1. The van der Waals surface area contributed by atoms with Gasteiger partial charge in [-0.25, -0.2) is 0 Å². The van der Waals surface area contributed by atoms with Gasteiger partial charge in [0.05, 0.1) is 7.11 Å². The molecule has 19 heavy (non-hydrogen) atoms. The number of hydrogen-bond acceptors (Lipinski definition) is 4. The fraction of sp³-hybridized carbons (Fsp3) is 0.308. The zero-order valence-electron chi connectivity index (χ0n) is 10.4. The highest BCUT2D eigenvalue weighted by molar-refractivity contribution is 6.30. The molecule has 1 amide bonds. The van der Waals surface area contributed by atoms with E-state index >= 15 is 0 Å². The number of hydrogen-bond donors (Lipinski definition) is 1. The van der Waals surface area contributed by atoms with Gasteiger partial charge in [0.25, 0.3) is 0 Å². The van der Waals surface area contributed by atoms with Crippen LogP contribution < -0.4 is 5.32 Å². The number of ketones is 1. The first-order valence-corrected chi connectivity index (χ1v) is 6.03. The van der Waals surface area contributed by atoms with E-state index in [1.54, 1.807) is 24.3 Å². The Balaban J connectivity index is 2.36. The van der Waals surface area contributed by atoms with Crippen LogP contribution in [0.3, 0.4) is 0 Å². The Labute approximate surface area is 115 Å². The van der Waals surface area contributed by atoms with Crippen LogP contribution in [-0.2, 0) is 14.3 Å². The molecular weight excluding hydrogens is 270 g/mol. The van der Waals surface area contributed by atoms with E-state index in [0.29, 0.717) is 10.6 Å². The molecule has 102 valence electrons. The summed E-state index contributed by atoms with van der Waals surface area (Å²) < 4.78 is 4.37. The predicted molar refractivity (Wildman–Crippen MR) is 70.0 cm³/mol. The summed E-state index contributed by atoms with van der Waals surface area (Å²) in [6, 6.07) is 6.45. The molecule has 0 aliphatic rings. The summed E-state index contributed by atoms with van der Waals surface area (Å²) >= 11 is 5.71. The van der Waals surface area contributed by atoms with Crippen molar-refractivity contribution in [1.29, 1.82) is 0 Å². The first-order valence-electron chi connectivity index (χ1n) is 5.65. The molecule has 5 nitrogen and oxygen atoms in total. The van der Waals surface area contributed by atoms with Crippen molar-refractivity contribution in [2.45, 2.75) is 12.8 Å². The Hall–Kier alpha value is -1.88. The summed E-state index contributed by atoms with van der Waals surface area (Å²) in [5, 5.41) is 2.91. The minimum absolute atomic E-state index is 0.0262. The van der Waals surface area contributed by atoms with E-state index in [1.807, 2.05) is 0 Å². The topological polar surface area (TPSA) is 72.5 Å². The van der Waals surface area contributed by atoms with E-state index in [2.05, 4.69) is 10.1 Å². The molecule has 6 heteroatoms. The van der Waals surface area contributed by atoms with Crippen LogP contribution in [0.2, 0.25) is 5.02 Å². The van der Waals surface area contributed by atoms with Crippen LogP contribution in [0.4, 0.5) is 0 Å². The van der Waals surface area contributed by atoms with Gasteiger partial charge in [-0.1, -0.05) is 11.6 Å². The van der Waals surface area contributed by atoms with E-state index in [0.717, 1.165) is 0 Å². The van der Waals surface area contributed by atoms with Crippen LogP contribution >= 0.6 is 11.6 Å². The highest BCUT2D eigenvalue weighted by Gasteiger charge is 2.10. The third-order valence-corrected chi connectivity index (χ3v) is 2.65. The van der Waals surface area contributed by atoms with Crippen molar-refractivity contribution >= 4 is 29.3 Å². The second-order valence-corrected chi connectivity index (χ2v) is 4.22. The van der Waals surface area contributed by atoms with Gasteiger partial charge in [-0.2, -0.15) is 0 Å². The quantitative estimate of drug-likeness (QED) is 0.636. The lowest BCUT2D eigenvalue weighted by Gasteiger charge is -2.04. The van der Waals surface area contributed by atoms with E-state index in [1.165, 1.54) is 7.11 Å². The standard InChI is InChI=1S/C13H14ClNO4/c1-19-13(18)8-15-12(17)7-6-11(16)9-2-4-10(14)5-3-9/h2-5H,6-8H2,1H3,(H,15,17). The Morgan fingerprint density at radius 1 is 1.16 bits per heavy atom. The molecular formula is C13H14ClNO4. The number of esters is 1. The van der Waals surface area contributed by atoms with Crippen LogP contribution in [0.5, 0.6) is 0 Å². The maximum absolute atomic E-state index is 11.7. The molecule has 0 aliphatic carbocycles. The average Bonchev–Trinajstić information content (AvgIpc) is 2.42. The number of Topliss-reactive ketones (excluding diaryl/α,β-unsaturated/α-hetero) is 1. The van der Waals surface area contributed by atoms with E-state index < -0.39 is 5.97 Å². The summed E-state index contributed by atoms with van der Waals surface area (Å²) in [7, 11) is 1.23. The summed E-state index contributed by atoms with van der Waals surface area (Å²) in [5.41, 5.74) is 0.505. The number of rotatable bonds is 6. The van der Waals surface area contributed by atoms with Crippen molar-refractivity contribution < 1.29 is 19.1 Å². The molecule has 0 spiro atoms. The van der Waals surface area contributed by atoms with Crippen molar-refractivity contribution in [3.05, 3.63) is 34.9 Å². The molecule has 0 fully saturated rings. The van der Waals surface area contributed by atoms with Crippen molar-refractivity contribution in [1.82, 2.24) is 5.32 Å². The monoisotopic (exact) mass is 283 g/mol. The van der Waals surface area contributed by atoms with Gasteiger partial charge in [0.2, 0.25) is 5.91 Å². The number of benzene rings is 1.